The Labute approximate surface area is 111 Å². The average molecular weight is 271 g/mol. The van der Waals surface area contributed by atoms with E-state index in [4.69, 9.17) is 25.8 Å². The third kappa shape index (κ3) is 4.08. The zero-order chi connectivity index (χ0) is 13.4. The van der Waals surface area contributed by atoms with Gasteiger partial charge >= 0.3 is 0 Å². The molecule has 0 N–H and O–H groups in total. The van der Waals surface area contributed by atoms with Crippen molar-refractivity contribution in [1.29, 1.82) is 0 Å². The SMILES string of the molecule is COCCCOc1cc(C=C=O)c(Cl)cc1OC. The molecule has 0 heterocycles. The summed E-state index contributed by atoms with van der Waals surface area (Å²) in [4.78, 5) is 10.4. The monoisotopic (exact) mass is 270 g/mol. The summed E-state index contributed by atoms with van der Waals surface area (Å²) < 4.78 is 15.6. The summed E-state index contributed by atoms with van der Waals surface area (Å²) in [6.45, 7) is 1.12. The lowest BCUT2D eigenvalue weighted by Gasteiger charge is -2.12. The van der Waals surface area contributed by atoms with Crippen molar-refractivity contribution in [2.45, 2.75) is 6.42 Å². The second-order valence-electron chi connectivity index (χ2n) is 3.48. The molecule has 1 rings (SSSR count). The Hall–Kier alpha value is -1.48. The van der Waals surface area contributed by atoms with Crippen LogP contribution in [-0.4, -0.2) is 33.4 Å². The summed E-state index contributed by atoms with van der Waals surface area (Å²) in [7, 11) is 3.17. The normalized spacial score (nSPS) is 9.72. The maximum atomic E-state index is 10.4. The number of carbonyl (C=O) groups excluding carboxylic acids is 1. The molecule has 0 amide bonds. The first-order chi connectivity index (χ1) is 8.72. The fourth-order valence-electron chi connectivity index (χ4n) is 1.38. The molecule has 0 spiro atoms. The van der Waals surface area contributed by atoms with E-state index < -0.39 is 0 Å². The number of ether oxygens (including phenoxy) is 3. The van der Waals surface area contributed by atoms with Crippen molar-refractivity contribution in [3.05, 3.63) is 22.7 Å². The second-order valence-corrected chi connectivity index (χ2v) is 3.89. The molecule has 1 aromatic carbocycles. The quantitative estimate of drug-likeness (QED) is 0.564. The van der Waals surface area contributed by atoms with E-state index in [9.17, 15) is 4.79 Å². The number of hydrogen-bond donors (Lipinski definition) is 0. The van der Waals surface area contributed by atoms with Crippen LogP contribution >= 0.6 is 11.6 Å². The summed E-state index contributed by atoms with van der Waals surface area (Å²) in [6, 6.07) is 3.26. The topological polar surface area (TPSA) is 44.8 Å². The smallest absolute Gasteiger partial charge is 0.162 e. The standard InChI is InChI=1S/C13H15ClO4/c1-16-6-3-7-18-13-8-10(4-5-15)11(14)9-12(13)17-2/h4,8-9H,3,6-7H2,1-2H3. The van der Waals surface area contributed by atoms with Gasteiger partial charge in [0.05, 0.1) is 18.7 Å². The van der Waals surface area contributed by atoms with Crippen LogP contribution in [-0.2, 0) is 9.53 Å². The van der Waals surface area contributed by atoms with Crippen molar-refractivity contribution in [1.82, 2.24) is 0 Å². The van der Waals surface area contributed by atoms with Crippen LogP contribution in [0.4, 0.5) is 0 Å². The molecule has 0 saturated heterocycles. The fourth-order valence-corrected chi connectivity index (χ4v) is 1.59. The highest BCUT2D eigenvalue weighted by Gasteiger charge is 2.09. The Morgan fingerprint density at radius 1 is 1.28 bits per heavy atom. The molecule has 0 bridgehead atoms. The van der Waals surface area contributed by atoms with E-state index in [2.05, 4.69) is 0 Å². The van der Waals surface area contributed by atoms with Crippen LogP contribution in [0.1, 0.15) is 12.0 Å². The number of hydrogen-bond acceptors (Lipinski definition) is 4. The number of halogens is 1. The number of benzene rings is 1. The first-order valence-corrected chi connectivity index (χ1v) is 5.81. The van der Waals surface area contributed by atoms with Gasteiger partial charge in [-0.25, -0.2) is 4.79 Å². The molecule has 0 fully saturated rings. The lowest BCUT2D eigenvalue weighted by atomic mass is 10.2. The number of methoxy groups -OCH3 is 2. The Morgan fingerprint density at radius 2 is 2.06 bits per heavy atom. The van der Waals surface area contributed by atoms with Gasteiger partial charge in [0.2, 0.25) is 0 Å². The van der Waals surface area contributed by atoms with Crippen molar-refractivity contribution in [2.75, 3.05) is 27.4 Å². The molecular weight excluding hydrogens is 256 g/mol. The van der Waals surface area contributed by atoms with Crippen LogP contribution in [0.2, 0.25) is 5.02 Å². The highest BCUT2D eigenvalue weighted by atomic mass is 35.5. The van der Waals surface area contributed by atoms with Crippen LogP contribution in [0.5, 0.6) is 11.5 Å². The second kappa shape index (κ2) is 7.77. The predicted molar refractivity (Wildman–Crippen MR) is 70.1 cm³/mol. The summed E-state index contributed by atoms with van der Waals surface area (Å²) in [5.74, 6) is 2.76. The predicted octanol–water partition coefficient (Wildman–Crippen LogP) is 2.61. The molecule has 0 unspecified atom stereocenters. The van der Waals surface area contributed by atoms with Gasteiger partial charge in [0.1, 0.15) is 5.94 Å². The van der Waals surface area contributed by atoms with E-state index in [-0.39, 0.29) is 0 Å². The Bertz CT molecular complexity index is 439. The minimum absolute atomic E-state index is 0.416. The molecule has 98 valence electrons. The Kier molecular flexibility index (Phi) is 6.29. The molecule has 0 atom stereocenters. The maximum Gasteiger partial charge on any atom is 0.162 e. The van der Waals surface area contributed by atoms with Gasteiger partial charge in [-0.2, -0.15) is 0 Å². The first-order valence-electron chi connectivity index (χ1n) is 5.43. The van der Waals surface area contributed by atoms with Crippen LogP contribution in [0.25, 0.3) is 6.08 Å². The molecule has 0 aliphatic heterocycles. The van der Waals surface area contributed by atoms with Gasteiger partial charge in [0.15, 0.2) is 11.5 Å². The lowest BCUT2D eigenvalue weighted by Crippen LogP contribution is -2.03. The number of rotatable bonds is 7. The van der Waals surface area contributed by atoms with Crippen molar-refractivity contribution in [3.8, 4) is 11.5 Å². The highest BCUT2D eigenvalue weighted by Crippen LogP contribution is 2.33. The van der Waals surface area contributed by atoms with Crippen LogP contribution in [0.3, 0.4) is 0 Å². The van der Waals surface area contributed by atoms with E-state index >= 15 is 0 Å². The maximum absolute atomic E-state index is 10.4. The third-order valence-corrected chi connectivity index (χ3v) is 2.58. The van der Waals surface area contributed by atoms with E-state index in [1.54, 1.807) is 25.2 Å². The van der Waals surface area contributed by atoms with Gasteiger partial charge in [0, 0.05) is 37.8 Å². The van der Waals surface area contributed by atoms with E-state index in [1.165, 1.54) is 13.2 Å². The molecule has 0 radical (unpaired) electrons. The van der Waals surface area contributed by atoms with E-state index in [0.717, 1.165) is 6.42 Å². The van der Waals surface area contributed by atoms with Crippen molar-refractivity contribution < 1.29 is 19.0 Å². The summed E-state index contributed by atoms with van der Waals surface area (Å²) in [5.41, 5.74) is 0.550. The average Bonchev–Trinajstić information content (AvgIpc) is 2.38. The van der Waals surface area contributed by atoms with Gasteiger partial charge in [-0.05, 0) is 6.07 Å². The minimum Gasteiger partial charge on any atom is -0.493 e. The zero-order valence-electron chi connectivity index (χ0n) is 10.4. The Balaban J connectivity index is 2.86. The Morgan fingerprint density at radius 3 is 2.67 bits per heavy atom. The van der Waals surface area contributed by atoms with Crippen molar-refractivity contribution >= 4 is 23.6 Å². The molecule has 1 aromatic rings. The minimum atomic E-state index is 0.416. The molecule has 0 aliphatic rings. The van der Waals surface area contributed by atoms with Gasteiger partial charge in [0.25, 0.3) is 0 Å². The van der Waals surface area contributed by atoms with Crippen LogP contribution in [0, 0.1) is 0 Å². The summed E-state index contributed by atoms with van der Waals surface area (Å²) in [6.07, 6.45) is 2.02. The van der Waals surface area contributed by atoms with Gasteiger partial charge in [-0.3, -0.25) is 0 Å². The van der Waals surface area contributed by atoms with Crippen molar-refractivity contribution in [2.24, 2.45) is 0 Å². The molecule has 0 aromatic heterocycles. The first kappa shape index (κ1) is 14.6. The van der Waals surface area contributed by atoms with Gasteiger partial charge in [-0.1, -0.05) is 11.6 Å². The summed E-state index contributed by atoms with van der Waals surface area (Å²) >= 11 is 5.98. The van der Waals surface area contributed by atoms with Gasteiger partial charge in [-0.15, -0.1) is 0 Å². The highest BCUT2D eigenvalue weighted by molar-refractivity contribution is 6.32. The van der Waals surface area contributed by atoms with Crippen molar-refractivity contribution in [3.63, 3.8) is 0 Å². The van der Waals surface area contributed by atoms with Crippen LogP contribution < -0.4 is 9.47 Å². The molecule has 4 nitrogen and oxygen atoms in total. The zero-order valence-corrected chi connectivity index (χ0v) is 11.1. The largest absolute Gasteiger partial charge is 0.493 e. The van der Waals surface area contributed by atoms with E-state index in [0.29, 0.717) is 35.3 Å². The lowest BCUT2D eigenvalue weighted by molar-refractivity contribution is 0.170. The summed E-state index contributed by atoms with van der Waals surface area (Å²) in [5, 5.41) is 0.416. The molecule has 18 heavy (non-hydrogen) atoms. The fraction of sp³-hybridized carbons (Fsp3) is 0.385. The molecule has 5 heteroatoms. The van der Waals surface area contributed by atoms with Crippen LogP contribution in [0.15, 0.2) is 12.1 Å². The molecular formula is C13H15ClO4. The molecule has 0 saturated carbocycles. The molecule has 0 aliphatic carbocycles. The van der Waals surface area contributed by atoms with Gasteiger partial charge < -0.3 is 14.2 Å². The third-order valence-electron chi connectivity index (χ3n) is 2.25. The van der Waals surface area contributed by atoms with E-state index in [1.807, 2.05) is 0 Å².